The third-order valence-electron chi connectivity index (χ3n) is 3.79. The summed E-state index contributed by atoms with van der Waals surface area (Å²) in [6.45, 7) is 3.93. The second kappa shape index (κ2) is 9.03. The van der Waals surface area contributed by atoms with Crippen molar-refractivity contribution in [3.05, 3.63) is 48.3 Å². The van der Waals surface area contributed by atoms with Crippen molar-refractivity contribution < 1.29 is 14.3 Å². The average molecular weight is 328 g/mol. The van der Waals surface area contributed by atoms with Crippen LogP contribution in [0.25, 0.3) is 11.1 Å². The molecule has 1 aromatic heterocycles. The number of hydrogen-bond acceptors (Lipinski definition) is 4. The molecule has 128 valence electrons. The van der Waals surface area contributed by atoms with Crippen LogP contribution in [0.2, 0.25) is 0 Å². The Morgan fingerprint density at radius 3 is 2.50 bits per heavy atom. The summed E-state index contributed by atoms with van der Waals surface area (Å²) in [4.78, 5) is 18.5. The molecular weight excluding hydrogens is 304 g/mol. The van der Waals surface area contributed by atoms with Gasteiger partial charge in [-0.3, -0.25) is 9.78 Å². The van der Waals surface area contributed by atoms with Crippen molar-refractivity contribution in [1.82, 2.24) is 9.88 Å². The van der Waals surface area contributed by atoms with Crippen molar-refractivity contribution in [1.29, 1.82) is 0 Å². The molecule has 0 aliphatic heterocycles. The van der Waals surface area contributed by atoms with E-state index in [1.165, 1.54) is 0 Å². The van der Waals surface area contributed by atoms with Crippen LogP contribution in [-0.2, 0) is 4.74 Å². The molecule has 1 heterocycles. The molecule has 0 fully saturated rings. The first kappa shape index (κ1) is 17.9. The Labute approximate surface area is 143 Å². The number of hydrogen-bond donors (Lipinski definition) is 0. The predicted octanol–water partition coefficient (Wildman–Crippen LogP) is 3.26. The minimum Gasteiger partial charge on any atom is -0.494 e. The van der Waals surface area contributed by atoms with Gasteiger partial charge >= 0.3 is 0 Å². The lowest BCUT2D eigenvalue weighted by molar-refractivity contribution is 0.0695. The largest absolute Gasteiger partial charge is 0.494 e. The second-order valence-electron chi connectivity index (χ2n) is 5.44. The highest BCUT2D eigenvalue weighted by molar-refractivity contribution is 5.94. The summed E-state index contributed by atoms with van der Waals surface area (Å²) in [7, 11) is 3.27. The molecule has 1 amide bonds. The summed E-state index contributed by atoms with van der Waals surface area (Å²) in [5.41, 5.74) is 2.62. The standard InChI is InChI=1S/C19H24N2O3/c1-4-11-21(12-13-23-2)19(22)16-7-5-15(6-8-16)17-9-10-20-14-18(17)24-3/h5-10,14H,4,11-13H2,1-3H3. The van der Waals surface area contributed by atoms with Crippen LogP contribution in [0.4, 0.5) is 0 Å². The summed E-state index contributed by atoms with van der Waals surface area (Å²) in [6.07, 6.45) is 4.33. The maximum atomic E-state index is 12.6. The minimum atomic E-state index is 0.0298. The predicted molar refractivity (Wildman–Crippen MR) is 94.3 cm³/mol. The first-order valence-electron chi connectivity index (χ1n) is 8.08. The molecular formula is C19H24N2O3. The zero-order valence-corrected chi connectivity index (χ0v) is 14.5. The molecule has 5 nitrogen and oxygen atoms in total. The topological polar surface area (TPSA) is 51.7 Å². The van der Waals surface area contributed by atoms with E-state index in [0.717, 1.165) is 24.1 Å². The van der Waals surface area contributed by atoms with Gasteiger partial charge in [0.15, 0.2) is 0 Å². The van der Waals surface area contributed by atoms with Crippen molar-refractivity contribution >= 4 is 5.91 Å². The van der Waals surface area contributed by atoms with Gasteiger partial charge in [-0.1, -0.05) is 19.1 Å². The highest BCUT2D eigenvalue weighted by atomic mass is 16.5. The van der Waals surface area contributed by atoms with Crippen LogP contribution in [0.1, 0.15) is 23.7 Å². The van der Waals surface area contributed by atoms with Crippen molar-refractivity contribution in [2.45, 2.75) is 13.3 Å². The van der Waals surface area contributed by atoms with Crippen LogP contribution in [0.15, 0.2) is 42.7 Å². The summed E-state index contributed by atoms with van der Waals surface area (Å²) in [5.74, 6) is 0.742. The highest BCUT2D eigenvalue weighted by Crippen LogP contribution is 2.28. The van der Waals surface area contributed by atoms with E-state index in [0.29, 0.717) is 24.5 Å². The van der Waals surface area contributed by atoms with Crippen molar-refractivity contribution in [3.63, 3.8) is 0 Å². The summed E-state index contributed by atoms with van der Waals surface area (Å²) >= 11 is 0. The van der Waals surface area contributed by atoms with Gasteiger partial charge in [-0.25, -0.2) is 0 Å². The fraction of sp³-hybridized carbons (Fsp3) is 0.368. The molecule has 0 aliphatic carbocycles. The van der Waals surface area contributed by atoms with E-state index in [4.69, 9.17) is 9.47 Å². The third-order valence-corrected chi connectivity index (χ3v) is 3.79. The molecule has 0 N–H and O–H groups in total. The Morgan fingerprint density at radius 2 is 1.88 bits per heavy atom. The van der Waals surface area contributed by atoms with Crippen LogP contribution in [0, 0.1) is 0 Å². The minimum absolute atomic E-state index is 0.0298. The molecule has 0 bridgehead atoms. The zero-order valence-electron chi connectivity index (χ0n) is 14.5. The van der Waals surface area contributed by atoms with Crippen LogP contribution >= 0.6 is 0 Å². The van der Waals surface area contributed by atoms with Crippen LogP contribution in [0.3, 0.4) is 0 Å². The molecule has 0 aliphatic rings. The van der Waals surface area contributed by atoms with E-state index in [-0.39, 0.29) is 5.91 Å². The van der Waals surface area contributed by atoms with E-state index >= 15 is 0 Å². The van der Waals surface area contributed by atoms with Gasteiger partial charge in [0.25, 0.3) is 5.91 Å². The maximum Gasteiger partial charge on any atom is 0.253 e. The van der Waals surface area contributed by atoms with Gasteiger partial charge in [0.05, 0.1) is 19.9 Å². The Morgan fingerprint density at radius 1 is 1.12 bits per heavy atom. The summed E-state index contributed by atoms with van der Waals surface area (Å²) < 4.78 is 10.4. The molecule has 0 radical (unpaired) electrons. The van der Waals surface area contributed by atoms with Crippen LogP contribution in [0.5, 0.6) is 5.75 Å². The maximum absolute atomic E-state index is 12.6. The molecule has 0 saturated carbocycles. The average Bonchev–Trinajstić information content (AvgIpc) is 2.64. The Bertz CT molecular complexity index is 656. The number of amides is 1. The van der Waals surface area contributed by atoms with E-state index < -0.39 is 0 Å². The molecule has 5 heteroatoms. The lowest BCUT2D eigenvalue weighted by Crippen LogP contribution is -2.34. The molecule has 2 aromatic rings. The Balaban J connectivity index is 2.20. The van der Waals surface area contributed by atoms with E-state index in [1.807, 2.05) is 35.2 Å². The molecule has 0 unspecified atom stereocenters. The van der Waals surface area contributed by atoms with Crippen molar-refractivity contribution in [2.24, 2.45) is 0 Å². The second-order valence-corrected chi connectivity index (χ2v) is 5.44. The van der Waals surface area contributed by atoms with Crippen LogP contribution in [-0.4, -0.2) is 49.7 Å². The lowest BCUT2D eigenvalue weighted by Gasteiger charge is -2.22. The summed E-state index contributed by atoms with van der Waals surface area (Å²) in [6, 6.07) is 9.48. The fourth-order valence-corrected chi connectivity index (χ4v) is 2.54. The number of methoxy groups -OCH3 is 2. The molecule has 24 heavy (non-hydrogen) atoms. The molecule has 0 atom stereocenters. The quantitative estimate of drug-likeness (QED) is 0.746. The molecule has 1 aromatic carbocycles. The molecule has 0 saturated heterocycles. The highest BCUT2D eigenvalue weighted by Gasteiger charge is 2.15. The van der Waals surface area contributed by atoms with E-state index in [1.54, 1.807) is 26.6 Å². The Hall–Kier alpha value is -2.40. The number of benzene rings is 1. The number of nitrogens with zero attached hydrogens (tertiary/aromatic N) is 2. The first-order chi connectivity index (χ1) is 11.7. The van der Waals surface area contributed by atoms with Gasteiger partial charge in [-0.2, -0.15) is 0 Å². The molecule has 0 spiro atoms. The van der Waals surface area contributed by atoms with Gasteiger partial charge in [0, 0.05) is 37.5 Å². The normalized spacial score (nSPS) is 10.5. The SMILES string of the molecule is CCCN(CCOC)C(=O)c1ccc(-c2ccncc2OC)cc1. The number of carbonyl (C=O) groups excluding carboxylic acids is 1. The third kappa shape index (κ3) is 4.32. The summed E-state index contributed by atoms with van der Waals surface area (Å²) in [5, 5.41) is 0. The number of pyridine rings is 1. The van der Waals surface area contributed by atoms with Gasteiger partial charge in [-0.05, 0) is 30.2 Å². The number of ether oxygens (including phenoxy) is 2. The smallest absolute Gasteiger partial charge is 0.253 e. The monoisotopic (exact) mass is 328 g/mol. The fourth-order valence-electron chi connectivity index (χ4n) is 2.54. The Kier molecular flexibility index (Phi) is 6.75. The van der Waals surface area contributed by atoms with E-state index in [9.17, 15) is 4.79 Å². The number of aromatic nitrogens is 1. The van der Waals surface area contributed by atoms with Gasteiger partial charge in [0.2, 0.25) is 0 Å². The number of carbonyl (C=O) groups is 1. The molecule has 2 rings (SSSR count). The van der Waals surface area contributed by atoms with Gasteiger partial charge in [0.1, 0.15) is 5.75 Å². The zero-order chi connectivity index (χ0) is 17.4. The number of rotatable bonds is 8. The lowest BCUT2D eigenvalue weighted by atomic mass is 10.0. The first-order valence-corrected chi connectivity index (χ1v) is 8.08. The van der Waals surface area contributed by atoms with Crippen molar-refractivity contribution in [3.8, 4) is 16.9 Å². The van der Waals surface area contributed by atoms with Crippen molar-refractivity contribution in [2.75, 3.05) is 33.9 Å². The van der Waals surface area contributed by atoms with Gasteiger partial charge < -0.3 is 14.4 Å². The van der Waals surface area contributed by atoms with Gasteiger partial charge in [-0.15, -0.1) is 0 Å². The van der Waals surface area contributed by atoms with E-state index in [2.05, 4.69) is 11.9 Å². The van der Waals surface area contributed by atoms with Crippen LogP contribution < -0.4 is 4.74 Å².